The number of ketones is 1. The number of rotatable bonds is 4. The van der Waals surface area contributed by atoms with Crippen molar-refractivity contribution in [2.24, 2.45) is 10.8 Å². The van der Waals surface area contributed by atoms with Crippen molar-refractivity contribution in [1.29, 1.82) is 0 Å². The Morgan fingerprint density at radius 1 is 1.10 bits per heavy atom. The van der Waals surface area contributed by atoms with Crippen LogP contribution in [0.4, 0.5) is 0 Å². The van der Waals surface area contributed by atoms with Crippen LogP contribution in [0.5, 0.6) is 0 Å². The van der Waals surface area contributed by atoms with Crippen LogP contribution < -0.4 is 5.30 Å². The molecule has 4 heteroatoms. The van der Waals surface area contributed by atoms with Crippen LogP contribution in [0.2, 0.25) is 0 Å². The van der Waals surface area contributed by atoms with Crippen LogP contribution in [0, 0.1) is 10.8 Å². The second kappa shape index (κ2) is 6.06. The zero-order valence-electron chi connectivity index (χ0n) is 13.9. The van der Waals surface area contributed by atoms with Gasteiger partial charge in [-0.25, -0.2) is 0 Å². The number of carbonyl (C=O) groups is 1. The molecule has 0 aliphatic heterocycles. The van der Waals surface area contributed by atoms with E-state index in [1.807, 2.05) is 47.6 Å². The summed E-state index contributed by atoms with van der Waals surface area (Å²) in [5, 5.41) is 0.423. The molecule has 0 amide bonds. The molecule has 0 saturated heterocycles. The zero-order valence-corrected chi connectivity index (χ0v) is 14.8. The van der Waals surface area contributed by atoms with Gasteiger partial charge in [0.05, 0.1) is 5.66 Å². The molecule has 2 atom stereocenters. The summed E-state index contributed by atoms with van der Waals surface area (Å²) in [6.45, 7) is 11.3. The fourth-order valence-electron chi connectivity index (χ4n) is 2.26. The highest BCUT2D eigenvalue weighted by molar-refractivity contribution is 7.66. The van der Waals surface area contributed by atoms with Crippen molar-refractivity contribution in [3.63, 3.8) is 0 Å². The minimum Gasteiger partial charge on any atom is -0.341 e. The highest BCUT2D eigenvalue weighted by atomic mass is 31.2. The maximum atomic E-state index is 13.0. The monoisotopic (exact) mass is 310 g/mol. The molecule has 0 fully saturated rings. The number of hydrogen-bond donors (Lipinski definition) is 1. The third kappa shape index (κ3) is 4.52. The Hall–Kier alpha value is -0.920. The molecule has 0 aliphatic carbocycles. The average molecular weight is 310 g/mol. The molecule has 0 aromatic heterocycles. The molecule has 0 aliphatic rings. The first-order valence-electron chi connectivity index (χ1n) is 7.28. The first-order chi connectivity index (χ1) is 9.37. The lowest BCUT2D eigenvalue weighted by Crippen LogP contribution is -2.35. The third-order valence-corrected chi connectivity index (χ3v) is 6.60. The predicted molar refractivity (Wildman–Crippen MR) is 88.2 cm³/mol. The van der Waals surface area contributed by atoms with Gasteiger partial charge in [0.1, 0.15) is 5.78 Å². The Morgan fingerprint density at radius 2 is 1.57 bits per heavy atom. The lowest BCUT2D eigenvalue weighted by molar-refractivity contribution is -0.126. The van der Waals surface area contributed by atoms with Crippen LogP contribution in [0.1, 0.15) is 48.0 Å². The quantitative estimate of drug-likeness (QED) is 0.855. The molecule has 0 spiro atoms. The summed E-state index contributed by atoms with van der Waals surface area (Å²) in [6.07, 6.45) is 0.121. The summed E-state index contributed by atoms with van der Waals surface area (Å²) < 4.78 is 13.0. The Morgan fingerprint density at radius 3 is 1.95 bits per heavy atom. The summed E-state index contributed by atoms with van der Waals surface area (Å²) in [5.74, 6) is 0.0210. The van der Waals surface area contributed by atoms with Crippen molar-refractivity contribution in [2.75, 3.05) is 0 Å². The van der Waals surface area contributed by atoms with Gasteiger partial charge in [-0.15, -0.1) is 0 Å². The highest BCUT2D eigenvalue weighted by Gasteiger charge is 2.43. The molecule has 1 aromatic carbocycles. The first-order valence-corrected chi connectivity index (χ1v) is 9.01. The molecule has 3 nitrogen and oxygen atoms in total. The largest absolute Gasteiger partial charge is 0.341 e. The SMILES string of the molecule is CC(C)(C)C(=O)CC(C(C)(C)C)P(=O)(O)c1ccccc1. The van der Waals surface area contributed by atoms with Crippen molar-refractivity contribution in [1.82, 2.24) is 0 Å². The van der Waals surface area contributed by atoms with E-state index in [9.17, 15) is 14.3 Å². The molecule has 2 unspecified atom stereocenters. The molecule has 1 N–H and O–H groups in total. The summed E-state index contributed by atoms with van der Waals surface area (Å²) >= 11 is 0. The second-order valence-electron chi connectivity index (χ2n) is 7.72. The van der Waals surface area contributed by atoms with Crippen molar-refractivity contribution in [3.05, 3.63) is 30.3 Å². The van der Waals surface area contributed by atoms with Crippen molar-refractivity contribution < 1.29 is 14.3 Å². The van der Waals surface area contributed by atoms with E-state index in [1.54, 1.807) is 24.3 Å². The predicted octanol–water partition coefficient (Wildman–Crippen LogP) is 4.00. The van der Waals surface area contributed by atoms with Crippen LogP contribution in [0.3, 0.4) is 0 Å². The maximum Gasteiger partial charge on any atom is 0.233 e. The first kappa shape index (κ1) is 18.1. The van der Waals surface area contributed by atoms with E-state index in [2.05, 4.69) is 0 Å². The number of carbonyl (C=O) groups excluding carboxylic acids is 1. The van der Waals surface area contributed by atoms with E-state index in [1.165, 1.54) is 0 Å². The van der Waals surface area contributed by atoms with Gasteiger partial charge in [-0.2, -0.15) is 0 Å². The highest BCUT2D eigenvalue weighted by Crippen LogP contribution is 2.54. The molecule has 118 valence electrons. The fourth-order valence-corrected chi connectivity index (χ4v) is 4.68. The minimum absolute atomic E-state index is 0.0210. The van der Waals surface area contributed by atoms with Crippen molar-refractivity contribution in [3.8, 4) is 0 Å². The lowest BCUT2D eigenvalue weighted by atomic mass is 9.82. The standard InChI is InChI=1S/C17H27O3P/c1-16(2,3)14(18)12-15(17(4,5)6)21(19,20)13-10-8-7-9-11-13/h7-11,15H,12H2,1-6H3,(H,19,20). The molecule has 1 rings (SSSR count). The fraction of sp³-hybridized carbons (Fsp3) is 0.588. The summed E-state index contributed by atoms with van der Waals surface area (Å²) in [5.41, 5.74) is -1.51. The van der Waals surface area contributed by atoms with E-state index in [4.69, 9.17) is 0 Å². The number of benzene rings is 1. The van der Waals surface area contributed by atoms with E-state index in [0.717, 1.165) is 0 Å². The molecular weight excluding hydrogens is 283 g/mol. The van der Waals surface area contributed by atoms with Crippen LogP contribution in [-0.4, -0.2) is 16.3 Å². The van der Waals surface area contributed by atoms with Crippen LogP contribution >= 0.6 is 7.37 Å². The topological polar surface area (TPSA) is 54.4 Å². The Kier molecular flexibility index (Phi) is 5.23. The summed E-state index contributed by atoms with van der Waals surface area (Å²) in [4.78, 5) is 23.1. The molecule has 1 aromatic rings. The van der Waals surface area contributed by atoms with Gasteiger partial charge < -0.3 is 4.89 Å². The van der Waals surface area contributed by atoms with E-state index in [0.29, 0.717) is 5.30 Å². The van der Waals surface area contributed by atoms with Gasteiger partial charge in [-0.1, -0.05) is 59.7 Å². The normalized spacial score (nSPS) is 17.1. The number of hydrogen-bond acceptors (Lipinski definition) is 2. The molecule has 0 radical (unpaired) electrons. The smallest absolute Gasteiger partial charge is 0.233 e. The van der Waals surface area contributed by atoms with Gasteiger partial charge in [-0.05, 0) is 17.5 Å². The summed E-state index contributed by atoms with van der Waals surface area (Å²) in [7, 11) is -3.62. The average Bonchev–Trinajstić information content (AvgIpc) is 2.33. The lowest BCUT2D eigenvalue weighted by Gasteiger charge is -2.35. The summed E-state index contributed by atoms with van der Waals surface area (Å²) in [6, 6.07) is 8.66. The minimum atomic E-state index is -3.62. The third-order valence-electron chi connectivity index (χ3n) is 3.76. The van der Waals surface area contributed by atoms with E-state index in [-0.39, 0.29) is 12.2 Å². The van der Waals surface area contributed by atoms with Crippen molar-refractivity contribution in [2.45, 2.75) is 53.6 Å². The van der Waals surface area contributed by atoms with Gasteiger partial charge in [0.15, 0.2) is 0 Å². The van der Waals surface area contributed by atoms with Crippen LogP contribution in [-0.2, 0) is 9.36 Å². The second-order valence-corrected chi connectivity index (χ2v) is 10.1. The van der Waals surface area contributed by atoms with Crippen molar-refractivity contribution >= 4 is 18.5 Å². The van der Waals surface area contributed by atoms with Crippen LogP contribution in [0.25, 0.3) is 0 Å². The van der Waals surface area contributed by atoms with Gasteiger partial charge in [0.2, 0.25) is 7.37 Å². The molecular formula is C17H27O3P. The molecule has 21 heavy (non-hydrogen) atoms. The van der Waals surface area contributed by atoms with E-state index < -0.39 is 23.9 Å². The number of Topliss-reactive ketones (excluding diaryl/α,β-unsaturated/α-hetero) is 1. The Balaban J connectivity index is 3.21. The molecule has 0 saturated carbocycles. The van der Waals surface area contributed by atoms with Gasteiger partial charge >= 0.3 is 0 Å². The van der Waals surface area contributed by atoms with Gasteiger partial charge in [0.25, 0.3) is 0 Å². The van der Waals surface area contributed by atoms with Gasteiger partial charge in [0, 0.05) is 17.1 Å². The van der Waals surface area contributed by atoms with Gasteiger partial charge in [-0.3, -0.25) is 9.36 Å². The zero-order chi connectivity index (χ0) is 16.5. The van der Waals surface area contributed by atoms with Crippen LogP contribution in [0.15, 0.2) is 30.3 Å². The molecule has 0 bridgehead atoms. The molecule has 0 heterocycles. The van der Waals surface area contributed by atoms with E-state index >= 15 is 0 Å². The maximum absolute atomic E-state index is 13.0. The Labute approximate surface area is 128 Å². The Bertz CT molecular complexity index is 535.